The normalized spacial score (nSPS) is 19.3. The summed E-state index contributed by atoms with van der Waals surface area (Å²) in [5.41, 5.74) is 0. The smallest absolute Gasteiger partial charge is 0.317 e. The molecule has 7 heteroatoms. The van der Waals surface area contributed by atoms with Gasteiger partial charge in [-0.1, -0.05) is 18.2 Å². The Morgan fingerprint density at radius 1 is 1.07 bits per heavy atom. The molecule has 1 N–H and O–H groups in total. The third kappa shape index (κ3) is 5.28. The largest absolute Gasteiger partial charge is 0.487 e. The van der Waals surface area contributed by atoms with Crippen molar-refractivity contribution in [3.05, 3.63) is 52.5 Å². The highest BCUT2D eigenvalue weighted by molar-refractivity contribution is 7.09. The lowest BCUT2D eigenvalue weighted by atomic mass is 9.99. The lowest BCUT2D eigenvalue weighted by Crippen LogP contribution is -2.51. The second-order valence-corrected chi connectivity index (χ2v) is 8.77. The summed E-state index contributed by atoms with van der Waals surface area (Å²) in [5.74, 6) is 0.0625. The lowest BCUT2D eigenvalue weighted by Gasteiger charge is -2.41. The molecular weight excluding hydrogens is 389 g/mol. The van der Waals surface area contributed by atoms with E-state index in [1.807, 2.05) is 22.4 Å². The molecule has 0 radical (unpaired) electrons. The molecule has 2 aliphatic heterocycles. The molecule has 156 valence electrons. The van der Waals surface area contributed by atoms with Crippen LogP contribution in [0.3, 0.4) is 0 Å². The van der Waals surface area contributed by atoms with E-state index >= 15 is 0 Å². The second kappa shape index (κ2) is 9.59. The van der Waals surface area contributed by atoms with E-state index in [1.165, 1.54) is 10.9 Å². The number of piperidine rings is 2. The molecule has 0 aliphatic carbocycles. The van der Waals surface area contributed by atoms with E-state index < -0.39 is 0 Å². The molecule has 3 heterocycles. The number of benzene rings is 1. The Kier molecular flexibility index (Phi) is 6.67. The first-order valence-corrected chi connectivity index (χ1v) is 11.3. The summed E-state index contributed by atoms with van der Waals surface area (Å²) >= 11 is 1.66. The van der Waals surface area contributed by atoms with Crippen molar-refractivity contribution >= 4 is 17.4 Å². The van der Waals surface area contributed by atoms with Gasteiger partial charge in [0.1, 0.15) is 6.10 Å². The minimum absolute atomic E-state index is 0.0360. The van der Waals surface area contributed by atoms with E-state index in [9.17, 15) is 9.18 Å². The van der Waals surface area contributed by atoms with Crippen molar-refractivity contribution in [2.24, 2.45) is 0 Å². The molecule has 2 fully saturated rings. The van der Waals surface area contributed by atoms with Gasteiger partial charge in [0.15, 0.2) is 11.6 Å². The van der Waals surface area contributed by atoms with Crippen molar-refractivity contribution in [2.75, 3.05) is 26.2 Å². The molecule has 2 saturated heterocycles. The van der Waals surface area contributed by atoms with Crippen molar-refractivity contribution in [2.45, 2.75) is 44.4 Å². The van der Waals surface area contributed by atoms with Crippen LogP contribution in [0.15, 0.2) is 41.8 Å². The van der Waals surface area contributed by atoms with Crippen molar-refractivity contribution in [1.29, 1.82) is 0 Å². The molecule has 2 aromatic rings. The minimum Gasteiger partial charge on any atom is -0.487 e. The van der Waals surface area contributed by atoms with Crippen LogP contribution in [0, 0.1) is 5.82 Å². The number of para-hydroxylation sites is 1. The molecule has 0 bridgehead atoms. The quantitative estimate of drug-likeness (QED) is 0.797. The van der Waals surface area contributed by atoms with Crippen LogP contribution >= 0.6 is 11.3 Å². The summed E-state index contributed by atoms with van der Waals surface area (Å²) < 4.78 is 19.6. The number of carbonyl (C=O) groups is 1. The molecule has 4 rings (SSSR count). The maximum absolute atomic E-state index is 13.8. The molecule has 2 amide bonds. The number of hydrogen-bond acceptors (Lipinski definition) is 4. The first kappa shape index (κ1) is 20.2. The number of amides is 2. The number of hydrogen-bond donors (Lipinski definition) is 1. The molecular formula is C22H28FN3O2S. The van der Waals surface area contributed by atoms with Gasteiger partial charge in [-0.05, 0) is 49.3 Å². The molecule has 0 unspecified atom stereocenters. The molecule has 0 atom stereocenters. The monoisotopic (exact) mass is 417 g/mol. The number of urea groups is 1. The molecule has 29 heavy (non-hydrogen) atoms. The standard InChI is InChI=1S/C22H28FN3O2S/c23-20-5-1-2-6-21(20)28-18-9-13-25(14-10-18)17-7-11-26(12-8-17)22(27)24-16-19-4-3-15-29-19/h1-6,15,17-18H,7-14,16H2,(H,24,27). The molecule has 1 aromatic carbocycles. The summed E-state index contributed by atoms with van der Waals surface area (Å²) in [7, 11) is 0. The average molecular weight is 418 g/mol. The number of ether oxygens (including phenoxy) is 1. The third-order valence-corrected chi connectivity index (χ3v) is 6.75. The summed E-state index contributed by atoms with van der Waals surface area (Å²) in [6.07, 6.45) is 3.91. The minimum atomic E-state index is -0.292. The Bertz CT molecular complexity index is 785. The summed E-state index contributed by atoms with van der Waals surface area (Å²) in [6, 6.07) is 11.2. The van der Waals surface area contributed by atoms with Crippen LogP contribution in [0.4, 0.5) is 9.18 Å². The number of likely N-dealkylation sites (tertiary alicyclic amines) is 2. The van der Waals surface area contributed by atoms with Gasteiger partial charge >= 0.3 is 6.03 Å². The lowest BCUT2D eigenvalue weighted by molar-refractivity contribution is 0.0520. The van der Waals surface area contributed by atoms with Crippen LogP contribution in [-0.4, -0.2) is 54.2 Å². The van der Waals surface area contributed by atoms with Gasteiger partial charge in [0, 0.05) is 37.1 Å². The Balaban J connectivity index is 1.18. The van der Waals surface area contributed by atoms with Crippen LogP contribution in [0.5, 0.6) is 5.75 Å². The fraction of sp³-hybridized carbons (Fsp3) is 0.500. The molecule has 5 nitrogen and oxygen atoms in total. The summed E-state index contributed by atoms with van der Waals surface area (Å²) in [6.45, 7) is 4.13. The Morgan fingerprint density at radius 3 is 2.52 bits per heavy atom. The van der Waals surface area contributed by atoms with Gasteiger partial charge in [0.25, 0.3) is 0 Å². The number of nitrogens with one attached hydrogen (secondary N) is 1. The maximum Gasteiger partial charge on any atom is 0.317 e. The highest BCUT2D eigenvalue weighted by Crippen LogP contribution is 2.25. The van der Waals surface area contributed by atoms with Gasteiger partial charge in [-0.25, -0.2) is 9.18 Å². The number of carbonyl (C=O) groups excluding carboxylic acids is 1. The van der Waals surface area contributed by atoms with Crippen molar-refractivity contribution in [3.8, 4) is 5.75 Å². The van der Waals surface area contributed by atoms with E-state index in [1.54, 1.807) is 29.5 Å². The molecule has 2 aliphatic rings. The van der Waals surface area contributed by atoms with Crippen LogP contribution < -0.4 is 10.1 Å². The van der Waals surface area contributed by atoms with E-state index in [0.29, 0.717) is 18.3 Å². The summed E-state index contributed by atoms with van der Waals surface area (Å²) in [4.78, 5) is 18.0. The topological polar surface area (TPSA) is 44.8 Å². The van der Waals surface area contributed by atoms with E-state index in [4.69, 9.17) is 4.74 Å². The molecule has 1 aromatic heterocycles. The fourth-order valence-electron chi connectivity index (χ4n) is 4.20. The predicted molar refractivity (Wildman–Crippen MR) is 113 cm³/mol. The van der Waals surface area contributed by atoms with Gasteiger partial charge in [-0.15, -0.1) is 11.3 Å². The number of halogens is 1. The maximum atomic E-state index is 13.8. The van der Waals surface area contributed by atoms with Gasteiger partial charge in [0.2, 0.25) is 0 Å². The molecule has 0 saturated carbocycles. The number of rotatable bonds is 5. The highest BCUT2D eigenvalue weighted by atomic mass is 32.1. The van der Waals surface area contributed by atoms with Crippen LogP contribution in [0.1, 0.15) is 30.6 Å². The fourth-order valence-corrected chi connectivity index (χ4v) is 4.84. The van der Waals surface area contributed by atoms with Crippen molar-refractivity contribution < 1.29 is 13.9 Å². The van der Waals surface area contributed by atoms with E-state index in [-0.39, 0.29) is 18.0 Å². The van der Waals surface area contributed by atoms with E-state index in [0.717, 1.165) is 51.9 Å². The highest BCUT2D eigenvalue weighted by Gasteiger charge is 2.30. The van der Waals surface area contributed by atoms with Gasteiger partial charge in [-0.3, -0.25) is 4.90 Å². The second-order valence-electron chi connectivity index (χ2n) is 7.74. The van der Waals surface area contributed by atoms with Crippen molar-refractivity contribution in [3.63, 3.8) is 0 Å². The van der Waals surface area contributed by atoms with Gasteiger partial charge < -0.3 is 15.0 Å². The zero-order chi connectivity index (χ0) is 20.1. The van der Waals surface area contributed by atoms with Crippen LogP contribution in [0.2, 0.25) is 0 Å². The SMILES string of the molecule is O=C(NCc1cccs1)N1CCC(N2CCC(Oc3ccccc3F)CC2)CC1. The van der Waals surface area contributed by atoms with Crippen molar-refractivity contribution in [1.82, 2.24) is 15.1 Å². The van der Waals surface area contributed by atoms with E-state index in [2.05, 4.69) is 10.2 Å². The molecule has 0 spiro atoms. The van der Waals surface area contributed by atoms with Gasteiger partial charge in [0.05, 0.1) is 6.54 Å². The Labute approximate surface area is 175 Å². The zero-order valence-corrected chi connectivity index (χ0v) is 17.4. The first-order chi connectivity index (χ1) is 14.2. The van der Waals surface area contributed by atoms with Crippen LogP contribution in [-0.2, 0) is 6.54 Å². The van der Waals surface area contributed by atoms with Crippen LogP contribution in [0.25, 0.3) is 0 Å². The summed E-state index contributed by atoms with van der Waals surface area (Å²) in [5, 5.41) is 5.04. The average Bonchev–Trinajstić information content (AvgIpc) is 3.28. The Hall–Kier alpha value is -2.12. The predicted octanol–water partition coefficient (Wildman–Crippen LogP) is 4.10. The first-order valence-electron chi connectivity index (χ1n) is 10.4. The number of nitrogens with zero attached hydrogens (tertiary/aromatic N) is 2. The third-order valence-electron chi connectivity index (χ3n) is 5.87. The zero-order valence-electron chi connectivity index (χ0n) is 16.6. The Morgan fingerprint density at radius 2 is 1.83 bits per heavy atom. The number of thiophene rings is 1. The van der Waals surface area contributed by atoms with Gasteiger partial charge in [-0.2, -0.15) is 0 Å².